The smallest absolute Gasteiger partial charge is 0.223 e. The van der Waals surface area contributed by atoms with Gasteiger partial charge in [0.05, 0.1) is 20.9 Å². The highest BCUT2D eigenvalue weighted by atomic mass is 35.5. The lowest BCUT2D eigenvalue weighted by Gasteiger charge is -2.34. The van der Waals surface area contributed by atoms with Crippen LogP contribution in [-0.2, 0) is 14.6 Å². The number of para-hydroxylation sites is 1. The Morgan fingerprint density at radius 1 is 1.10 bits per heavy atom. The first-order valence-corrected chi connectivity index (χ1v) is 12.6. The number of rotatable bonds is 5. The Morgan fingerprint density at radius 3 is 2.47 bits per heavy atom. The molecule has 0 unspecified atom stereocenters. The molecule has 1 aliphatic rings. The van der Waals surface area contributed by atoms with Crippen LogP contribution in [0.25, 0.3) is 10.2 Å². The van der Waals surface area contributed by atoms with Crippen molar-refractivity contribution < 1.29 is 13.2 Å². The molecule has 0 aliphatic carbocycles. The number of carbonyl (C=O) groups excluding carboxylic acids is 1. The molecule has 2 heterocycles. The molecule has 0 radical (unpaired) electrons. The van der Waals surface area contributed by atoms with Crippen molar-refractivity contribution in [2.45, 2.75) is 18.2 Å². The summed E-state index contributed by atoms with van der Waals surface area (Å²) in [6.45, 7) is 4.56. The van der Waals surface area contributed by atoms with Crippen LogP contribution in [0.3, 0.4) is 0 Å². The van der Waals surface area contributed by atoms with Gasteiger partial charge in [0, 0.05) is 37.6 Å². The number of hydrogen-bond donors (Lipinski definition) is 0. The molecule has 0 spiro atoms. The van der Waals surface area contributed by atoms with Gasteiger partial charge in [-0.25, -0.2) is 13.4 Å². The van der Waals surface area contributed by atoms with E-state index in [1.54, 1.807) is 28.4 Å². The lowest BCUT2D eigenvalue weighted by molar-refractivity contribution is -0.131. The summed E-state index contributed by atoms with van der Waals surface area (Å²) in [4.78, 5) is 21.5. The summed E-state index contributed by atoms with van der Waals surface area (Å²) in [5.41, 5.74) is 2.19. The molecule has 4 rings (SSSR count). The maximum atomic E-state index is 12.6. The Morgan fingerprint density at radius 2 is 1.80 bits per heavy atom. The fourth-order valence-corrected chi connectivity index (χ4v) is 5.95. The lowest BCUT2D eigenvalue weighted by Crippen LogP contribution is -2.49. The number of nitrogens with zero attached hydrogens (tertiary/aromatic N) is 3. The topological polar surface area (TPSA) is 70.6 Å². The third kappa shape index (κ3) is 4.45. The van der Waals surface area contributed by atoms with Gasteiger partial charge in [-0.1, -0.05) is 35.1 Å². The van der Waals surface area contributed by atoms with E-state index in [1.165, 1.54) is 12.1 Å². The summed E-state index contributed by atoms with van der Waals surface area (Å²) >= 11 is 7.48. The van der Waals surface area contributed by atoms with Crippen LogP contribution in [0.15, 0.2) is 47.4 Å². The highest BCUT2D eigenvalue weighted by molar-refractivity contribution is 7.91. The summed E-state index contributed by atoms with van der Waals surface area (Å²) in [6.07, 6.45) is -0.0225. The quantitative estimate of drug-likeness (QED) is 0.576. The number of anilines is 1. The highest BCUT2D eigenvalue weighted by Gasteiger charge is 2.25. The zero-order valence-corrected chi connectivity index (χ0v) is 18.9. The van der Waals surface area contributed by atoms with E-state index in [4.69, 9.17) is 16.6 Å². The first kappa shape index (κ1) is 21.1. The highest BCUT2D eigenvalue weighted by Crippen LogP contribution is 2.31. The first-order valence-electron chi connectivity index (χ1n) is 9.71. The van der Waals surface area contributed by atoms with Crippen LogP contribution >= 0.6 is 22.9 Å². The number of aromatic nitrogens is 1. The number of sulfone groups is 1. The molecule has 0 bridgehead atoms. The van der Waals surface area contributed by atoms with Gasteiger partial charge < -0.3 is 9.80 Å². The van der Waals surface area contributed by atoms with Gasteiger partial charge in [-0.15, -0.1) is 0 Å². The number of amides is 1. The van der Waals surface area contributed by atoms with Crippen LogP contribution in [-0.4, -0.2) is 56.1 Å². The van der Waals surface area contributed by atoms with E-state index < -0.39 is 9.84 Å². The van der Waals surface area contributed by atoms with E-state index in [0.29, 0.717) is 31.2 Å². The summed E-state index contributed by atoms with van der Waals surface area (Å²) < 4.78 is 26.1. The van der Waals surface area contributed by atoms with Gasteiger partial charge in [0.2, 0.25) is 5.91 Å². The Labute approximate surface area is 185 Å². The summed E-state index contributed by atoms with van der Waals surface area (Å²) in [6, 6.07) is 12.2. The number of benzene rings is 2. The minimum Gasteiger partial charge on any atom is -0.345 e. The van der Waals surface area contributed by atoms with E-state index >= 15 is 0 Å². The molecule has 9 heteroatoms. The zero-order chi connectivity index (χ0) is 21.3. The van der Waals surface area contributed by atoms with Crippen molar-refractivity contribution in [1.29, 1.82) is 0 Å². The number of thiazole rings is 1. The second-order valence-electron chi connectivity index (χ2n) is 7.31. The molecular formula is C21H22ClN3O3S2. The molecular weight excluding hydrogens is 442 g/mol. The van der Waals surface area contributed by atoms with Gasteiger partial charge >= 0.3 is 0 Å². The molecule has 1 aromatic heterocycles. The minimum atomic E-state index is -3.51. The molecule has 0 N–H and O–H groups in total. The lowest BCUT2D eigenvalue weighted by atomic mass is 10.2. The first-order chi connectivity index (χ1) is 14.3. The van der Waals surface area contributed by atoms with Crippen LogP contribution in [0.2, 0.25) is 5.02 Å². The zero-order valence-electron chi connectivity index (χ0n) is 16.5. The van der Waals surface area contributed by atoms with Crippen molar-refractivity contribution in [2.75, 3.05) is 36.8 Å². The van der Waals surface area contributed by atoms with E-state index in [-0.39, 0.29) is 23.0 Å². The fraction of sp³-hybridized carbons (Fsp3) is 0.333. The molecule has 3 aromatic rings. The van der Waals surface area contributed by atoms with E-state index in [2.05, 4.69) is 24.0 Å². The van der Waals surface area contributed by atoms with Crippen molar-refractivity contribution >= 4 is 54.0 Å². The van der Waals surface area contributed by atoms with Gasteiger partial charge in [-0.3, -0.25) is 4.79 Å². The molecule has 158 valence electrons. The Hall–Kier alpha value is -2.16. The summed E-state index contributed by atoms with van der Waals surface area (Å²) in [5, 5.41) is 1.45. The van der Waals surface area contributed by atoms with Crippen LogP contribution in [0.5, 0.6) is 0 Å². The average Bonchev–Trinajstić information content (AvgIpc) is 3.18. The molecule has 6 nitrogen and oxygen atoms in total. The monoisotopic (exact) mass is 463 g/mol. The third-order valence-corrected chi connectivity index (χ3v) is 8.34. The largest absolute Gasteiger partial charge is 0.345 e. The van der Waals surface area contributed by atoms with Crippen molar-refractivity contribution in [2.24, 2.45) is 0 Å². The molecule has 1 fully saturated rings. The predicted octanol–water partition coefficient (Wildman–Crippen LogP) is 3.77. The second kappa shape index (κ2) is 8.53. The third-order valence-electron chi connectivity index (χ3n) is 5.27. The maximum absolute atomic E-state index is 12.6. The molecule has 1 aliphatic heterocycles. The number of piperazine rings is 1. The minimum absolute atomic E-state index is 0.0225. The van der Waals surface area contributed by atoms with Gasteiger partial charge in [-0.05, 0) is 42.8 Å². The normalized spacial score (nSPS) is 15.0. The van der Waals surface area contributed by atoms with Crippen molar-refractivity contribution in [1.82, 2.24) is 9.88 Å². The Balaban J connectivity index is 1.33. The standard InChI is InChI=1S/C21H22ClN3O3S2/c1-15-3-2-4-18-20(15)23-21(29-18)25-12-10-24(11-13-25)19(26)9-14-30(27,28)17-7-5-16(22)6-8-17/h2-8H,9-14H2,1H3. The number of fused-ring (bicyclic) bond motifs is 1. The van der Waals surface area contributed by atoms with Gasteiger partial charge in [0.25, 0.3) is 0 Å². The number of aryl methyl sites for hydroxylation is 1. The molecule has 30 heavy (non-hydrogen) atoms. The fourth-order valence-electron chi connectivity index (χ4n) is 3.50. The van der Waals surface area contributed by atoms with E-state index in [9.17, 15) is 13.2 Å². The summed E-state index contributed by atoms with van der Waals surface area (Å²) in [7, 11) is -3.51. The number of carbonyl (C=O) groups is 1. The van der Waals surface area contributed by atoms with Gasteiger partial charge in [-0.2, -0.15) is 0 Å². The van der Waals surface area contributed by atoms with E-state index in [1.807, 2.05) is 6.07 Å². The molecule has 0 saturated carbocycles. The van der Waals surface area contributed by atoms with Gasteiger partial charge in [0.1, 0.15) is 0 Å². The molecule has 2 aromatic carbocycles. The second-order valence-corrected chi connectivity index (χ2v) is 10.9. The number of halogens is 1. The van der Waals surface area contributed by atoms with Crippen molar-refractivity contribution in [3.05, 3.63) is 53.1 Å². The average molecular weight is 464 g/mol. The predicted molar refractivity (Wildman–Crippen MR) is 121 cm³/mol. The molecule has 1 amide bonds. The van der Waals surface area contributed by atoms with E-state index in [0.717, 1.165) is 20.9 Å². The van der Waals surface area contributed by atoms with Crippen LogP contribution in [0.1, 0.15) is 12.0 Å². The molecule has 0 atom stereocenters. The van der Waals surface area contributed by atoms with Crippen LogP contribution in [0.4, 0.5) is 5.13 Å². The summed E-state index contributed by atoms with van der Waals surface area (Å²) in [5.74, 6) is -0.336. The van der Waals surface area contributed by atoms with Crippen LogP contribution < -0.4 is 4.90 Å². The van der Waals surface area contributed by atoms with Gasteiger partial charge in [0.15, 0.2) is 15.0 Å². The maximum Gasteiger partial charge on any atom is 0.223 e. The Kier molecular flexibility index (Phi) is 5.99. The van der Waals surface area contributed by atoms with Crippen LogP contribution in [0, 0.1) is 6.92 Å². The number of hydrogen-bond acceptors (Lipinski definition) is 6. The Bertz CT molecular complexity index is 1170. The van der Waals surface area contributed by atoms with Crippen molar-refractivity contribution in [3.63, 3.8) is 0 Å². The van der Waals surface area contributed by atoms with Crippen molar-refractivity contribution in [3.8, 4) is 0 Å². The molecule has 1 saturated heterocycles. The SMILES string of the molecule is Cc1cccc2sc(N3CCN(C(=O)CCS(=O)(=O)c4ccc(Cl)cc4)CC3)nc12.